The number of rotatable bonds is 1. The Morgan fingerprint density at radius 1 is 0.667 bits per heavy atom. The highest BCUT2D eigenvalue weighted by atomic mass is 16.3. The van der Waals surface area contributed by atoms with E-state index in [2.05, 4.69) is 34.6 Å². The molecule has 0 heterocycles. The summed E-state index contributed by atoms with van der Waals surface area (Å²) < 4.78 is 0. The quantitative estimate of drug-likeness (QED) is 0.785. The zero-order chi connectivity index (χ0) is 13.4. The molecule has 0 bridgehead atoms. The van der Waals surface area contributed by atoms with E-state index in [0.717, 1.165) is 25.7 Å². The van der Waals surface area contributed by atoms with Crippen molar-refractivity contribution in [1.82, 2.24) is 0 Å². The van der Waals surface area contributed by atoms with Crippen molar-refractivity contribution < 1.29 is 5.11 Å². The smallest absolute Gasteiger partial charge is 0.0540 e. The van der Waals surface area contributed by atoms with Crippen molar-refractivity contribution in [2.75, 3.05) is 0 Å². The summed E-state index contributed by atoms with van der Waals surface area (Å²) >= 11 is 0. The highest BCUT2D eigenvalue weighted by Crippen LogP contribution is 2.39. The van der Waals surface area contributed by atoms with Gasteiger partial charge in [0.25, 0.3) is 0 Å². The molecule has 0 amide bonds. The van der Waals surface area contributed by atoms with Crippen molar-refractivity contribution in [3.63, 3.8) is 0 Å². The molecule has 0 spiro atoms. The lowest BCUT2D eigenvalue weighted by molar-refractivity contribution is 0.122. The first-order valence-corrected chi connectivity index (χ1v) is 7.18. The van der Waals surface area contributed by atoms with E-state index in [1.807, 2.05) is 0 Å². The van der Waals surface area contributed by atoms with Gasteiger partial charge in [-0.05, 0) is 99.6 Å². The number of aliphatic hydroxyl groups excluding tert-OH is 1. The van der Waals surface area contributed by atoms with Crippen LogP contribution in [0.2, 0.25) is 0 Å². The van der Waals surface area contributed by atoms with Crippen LogP contribution in [-0.2, 0) is 0 Å². The van der Waals surface area contributed by atoms with E-state index in [9.17, 15) is 5.11 Å². The Balaban J connectivity index is 2.45. The van der Waals surface area contributed by atoms with Gasteiger partial charge in [0, 0.05) is 0 Å². The highest BCUT2D eigenvalue weighted by Gasteiger charge is 2.25. The van der Waals surface area contributed by atoms with Gasteiger partial charge in [0.2, 0.25) is 0 Å². The minimum atomic E-state index is -0.0606. The third-order valence-corrected chi connectivity index (χ3v) is 5.16. The molecule has 1 nitrogen and oxygen atoms in total. The summed E-state index contributed by atoms with van der Waals surface area (Å²) in [6.07, 6.45) is 4.16. The fourth-order valence-electron chi connectivity index (χ4n) is 3.51. The second-order valence-electron chi connectivity index (χ2n) is 6.04. The van der Waals surface area contributed by atoms with Gasteiger partial charge in [-0.25, -0.2) is 0 Å². The summed E-state index contributed by atoms with van der Waals surface area (Å²) in [5.41, 5.74) is 8.90. The predicted molar refractivity (Wildman–Crippen MR) is 77.3 cm³/mol. The van der Waals surface area contributed by atoms with Crippen LogP contribution in [0.15, 0.2) is 0 Å². The van der Waals surface area contributed by atoms with Crippen molar-refractivity contribution in [3.8, 4) is 0 Å². The van der Waals surface area contributed by atoms with E-state index >= 15 is 0 Å². The first-order chi connectivity index (χ1) is 8.43. The lowest BCUT2D eigenvalue weighted by atomic mass is 9.76. The molecular weight excluding hydrogens is 220 g/mol. The van der Waals surface area contributed by atoms with Crippen LogP contribution in [0.25, 0.3) is 0 Å². The average molecular weight is 246 g/mol. The SMILES string of the molecule is Cc1c(C)c(C)c(C2CCC(O)CC2)c(C)c1C. The van der Waals surface area contributed by atoms with Gasteiger partial charge in [-0.15, -0.1) is 0 Å². The number of benzene rings is 1. The minimum absolute atomic E-state index is 0.0606. The van der Waals surface area contributed by atoms with Gasteiger partial charge >= 0.3 is 0 Å². The minimum Gasteiger partial charge on any atom is -0.393 e. The topological polar surface area (TPSA) is 20.2 Å². The molecular formula is C17H26O. The van der Waals surface area contributed by atoms with Crippen molar-refractivity contribution in [2.24, 2.45) is 0 Å². The van der Waals surface area contributed by atoms with Gasteiger partial charge in [0.05, 0.1) is 6.10 Å². The van der Waals surface area contributed by atoms with Gasteiger partial charge in [0.15, 0.2) is 0 Å². The van der Waals surface area contributed by atoms with E-state index in [0.29, 0.717) is 5.92 Å². The molecule has 0 aromatic heterocycles. The van der Waals surface area contributed by atoms with Crippen LogP contribution >= 0.6 is 0 Å². The van der Waals surface area contributed by atoms with E-state index in [4.69, 9.17) is 0 Å². The van der Waals surface area contributed by atoms with Crippen molar-refractivity contribution >= 4 is 0 Å². The molecule has 1 fully saturated rings. The normalized spacial score (nSPS) is 24.3. The Kier molecular flexibility index (Phi) is 3.82. The molecule has 1 aliphatic carbocycles. The molecule has 0 aliphatic heterocycles. The molecule has 1 aromatic carbocycles. The van der Waals surface area contributed by atoms with E-state index in [1.165, 1.54) is 27.8 Å². The summed E-state index contributed by atoms with van der Waals surface area (Å²) in [5.74, 6) is 0.659. The maximum absolute atomic E-state index is 9.67. The molecule has 1 heteroatoms. The molecule has 1 N–H and O–H groups in total. The standard InChI is InChI=1S/C17H26O/c1-10-11(2)13(4)17(14(5)12(10)3)15-6-8-16(18)9-7-15/h15-16,18H,6-9H2,1-5H3. The third kappa shape index (κ3) is 2.21. The maximum atomic E-state index is 9.67. The average Bonchev–Trinajstić information content (AvgIpc) is 2.36. The molecule has 2 rings (SSSR count). The molecule has 0 radical (unpaired) electrons. The molecule has 1 aliphatic rings. The van der Waals surface area contributed by atoms with Gasteiger partial charge in [-0.3, -0.25) is 0 Å². The predicted octanol–water partition coefficient (Wildman–Crippen LogP) is 4.25. The number of aliphatic hydroxyl groups is 1. The Morgan fingerprint density at radius 3 is 1.50 bits per heavy atom. The van der Waals surface area contributed by atoms with Crippen LogP contribution in [0.4, 0.5) is 0 Å². The second kappa shape index (κ2) is 5.05. The molecule has 0 unspecified atom stereocenters. The van der Waals surface area contributed by atoms with Crippen LogP contribution in [0, 0.1) is 34.6 Å². The number of hydrogen-bond donors (Lipinski definition) is 1. The summed E-state index contributed by atoms with van der Waals surface area (Å²) in [6.45, 7) is 11.3. The Morgan fingerprint density at radius 2 is 1.06 bits per heavy atom. The maximum Gasteiger partial charge on any atom is 0.0540 e. The largest absolute Gasteiger partial charge is 0.393 e. The van der Waals surface area contributed by atoms with Gasteiger partial charge in [-0.1, -0.05) is 0 Å². The molecule has 100 valence electrons. The molecule has 1 saturated carbocycles. The van der Waals surface area contributed by atoms with Gasteiger partial charge in [0.1, 0.15) is 0 Å². The molecule has 0 atom stereocenters. The first kappa shape index (κ1) is 13.6. The van der Waals surface area contributed by atoms with Crippen LogP contribution < -0.4 is 0 Å². The third-order valence-electron chi connectivity index (χ3n) is 5.16. The molecule has 1 aromatic rings. The lowest BCUT2D eigenvalue weighted by Crippen LogP contribution is -2.19. The Bertz CT molecular complexity index is 422. The van der Waals surface area contributed by atoms with E-state index < -0.39 is 0 Å². The first-order valence-electron chi connectivity index (χ1n) is 7.18. The lowest BCUT2D eigenvalue weighted by Gasteiger charge is -2.30. The monoisotopic (exact) mass is 246 g/mol. The van der Waals surface area contributed by atoms with Gasteiger partial charge in [-0.2, -0.15) is 0 Å². The Hall–Kier alpha value is -0.820. The summed E-state index contributed by atoms with van der Waals surface area (Å²) in [6, 6.07) is 0. The van der Waals surface area contributed by atoms with Gasteiger partial charge < -0.3 is 5.11 Å². The van der Waals surface area contributed by atoms with Crippen LogP contribution in [0.5, 0.6) is 0 Å². The molecule has 0 saturated heterocycles. The zero-order valence-electron chi connectivity index (χ0n) is 12.4. The van der Waals surface area contributed by atoms with Crippen molar-refractivity contribution in [3.05, 3.63) is 33.4 Å². The molecule has 18 heavy (non-hydrogen) atoms. The van der Waals surface area contributed by atoms with Crippen LogP contribution in [-0.4, -0.2) is 11.2 Å². The summed E-state index contributed by atoms with van der Waals surface area (Å²) in [4.78, 5) is 0. The fourth-order valence-corrected chi connectivity index (χ4v) is 3.51. The van der Waals surface area contributed by atoms with Crippen LogP contribution in [0.3, 0.4) is 0 Å². The van der Waals surface area contributed by atoms with Crippen LogP contribution in [0.1, 0.15) is 65.0 Å². The zero-order valence-corrected chi connectivity index (χ0v) is 12.4. The van der Waals surface area contributed by atoms with E-state index in [-0.39, 0.29) is 6.10 Å². The fraction of sp³-hybridized carbons (Fsp3) is 0.647. The Labute approximate surface area is 111 Å². The van der Waals surface area contributed by atoms with Crippen molar-refractivity contribution in [1.29, 1.82) is 0 Å². The summed E-state index contributed by atoms with van der Waals surface area (Å²) in [7, 11) is 0. The highest BCUT2D eigenvalue weighted by molar-refractivity contribution is 5.50. The summed E-state index contributed by atoms with van der Waals surface area (Å²) in [5, 5.41) is 9.67. The van der Waals surface area contributed by atoms with Crippen molar-refractivity contribution in [2.45, 2.75) is 72.3 Å². The second-order valence-corrected chi connectivity index (χ2v) is 6.04. The van der Waals surface area contributed by atoms with E-state index in [1.54, 1.807) is 5.56 Å². The number of hydrogen-bond acceptors (Lipinski definition) is 1.